The fourth-order valence-corrected chi connectivity index (χ4v) is 3.53. The van der Waals surface area contributed by atoms with Gasteiger partial charge in [0.25, 0.3) is 0 Å². The Balaban J connectivity index is 2.03. The first-order valence-electron chi connectivity index (χ1n) is 8.07. The fraction of sp³-hybridized carbons (Fsp3) is 1.00. The maximum Gasteiger partial charge on any atom is 0.401 e. The van der Waals surface area contributed by atoms with E-state index in [9.17, 15) is 18.3 Å². The van der Waals surface area contributed by atoms with Crippen LogP contribution in [0.4, 0.5) is 13.2 Å². The van der Waals surface area contributed by atoms with E-state index in [0.717, 1.165) is 45.1 Å². The molecule has 21 heavy (non-hydrogen) atoms. The monoisotopic (exact) mass is 308 g/mol. The van der Waals surface area contributed by atoms with E-state index in [2.05, 4.69) is 12.2 Å². The van der Waals surface area contributed by atoms with Crippen molar-refractivity contribution in [2.45, 2.75) is 75.7 Å². The highest BCUT2D eigenvalue weighted by molar-refractivity contribution is 4.99. The van der Waals surface area contributed by atoms with Crippen molar-refractivity contribution >= 4 is 0 Å². The number of halogens is 3. The maximum absolute atomic E-state index is 12.8. The number of rotatable bonds is 7. The van der Waals surface area contributed by atoms with E-state index < -0.39 is 18.3 Å². The van der Waals surface area contributed by atoms with Crippen LogP contribution >= 0.6 is 0 Å². The van der Waals surface area contributed by atoms with Crippen LogP contribution in [0.1, 0.15) is 51.9 Å². The molecule has 3 nitrogen and oxygen atoms in total. The van der Waals surface area contributed by atoms with E-state index in [4.69, 9.17) is 0 Å². The molecule has 0 aromatic carbocycles. The van der Waals surface area contributed by atoms with Gasteiger partial charge in [0.1, 0.15) is 0 Å². The molecule has 0 spiro atoms. The van der Waals surface area contributed by atoms with Gasteiger partial charge in [0.2, 0.25) is 0 Å². The molecule has 0 heterocycles. The molecule has 2 fully saturated rings. The molecule has 0 bridgehead atoms. The van der Waals surface area contributed by atoms with Gasteiger partial charge in [0.05, 0.1) is 13.2 Å². The van der Waals surface area contributed by atoms with Crippen molar-refractivity contribution in [3.05, 3.63) is 0 Å². The van der Waals surface area contributed by atoms with Gasteiger partial charge in [-0.1, -0.05) is 6.92 Å². The Morgan fingerprint density at radius 3 is 2.48 bits per heavy atom. The van der Waals surface area contributed by atoms with E-state index in [1.165, 1.54) is 0 Å². The number of aliphatic hydroxyl groups excluding tert-OH is 1. The summed E-state index contributed by atoms with van der Waals surface area (Å²) in [6.45, 7) is 2.06. The maximum atomic E-state index is 12.8. The molecule has 2 saturated carbocycles. The molecule has 2 unspecified atom stereocenters. The van der Waals surface area contributed by atoms with Gasteiger partial charge in [-0.25, -0.2) is 0 Å². The summed E-state index contributed by atoms with van der Waals surface area (Å²) in [4.78, 5) is 1.65. The van der Waals surface area contributed by atoms with Gasteiger partial charge in [-0.15, -0.1) is 0 Å². The first-order chi connectivity index (χ1) is 9.89. The van der Waals surface area contributed by atoms with E-state index >= 15 is 0 Å². The minimum atomic E-state index is -4.14. The Morgan fingerprint density at radius 1 is 1.24 bits per heavy atom. The number of hydrogen-bond donors (Lipinski definition) is 2. The molecule has 0 aliphatic heterocycles. The number of aliphatic hydroxyl groups is 1. The number of alkyl halides is 3. The summed E-state index contributed by atoms with van der Waals surface area (Å²) < 4.78 is 38.5. The average Bonchev–Trinajstić information content (AvgIpc) is 3.26. The van der Waals surface area contributed by atoms with Gasteiger partial charge in [-0.3, -0.25) is 4.90 Å². The highest BCUT2D eigenvalue weighted by Crippen LogP contribution is 2.38. The molecule has 0 aromatic rings. The third-order valence-electron chi connectivity index (χ3n) is 4.72. The molecule has 2 aliphatic carbocycles. The zero-order valence-corrected chi connectivity index (χ0v) is 12.8. The van der Waals surface area contributed by atoms with Gasteiger partial charge in [-0.05, 0) is 51.5 Å². The number of nitrogens with one attached hydrogen (secondary N) is 1. The van der Waals surface area contributed by atoms with Crippen LogP contribution in [0.2, 0.25) is 0 Å². The van der Waals surface area contributed by atoms with Crippen LogP contribution in [0.3, 0.4) is 0 Å². The van der Waals surface area contributed by atoms with E-state index in [1.54, 1.807) is 4.90 Å². The van der Waals surface area contributed by atoms with Crippen molar-refractivity contribution in [2.24, 2.45) is 0 Å². The highest BCUT2D eigenvalue weighted by Gasteiger charge is 2.45. The molecule has 124 valence electrons. The van der Waals surface area contributed by atoms with Gasteiger partial charge in [-0.2, -0.15) is 13.2 Å². The average molecular weight is 308 g/mol. The van der Waals surface area contributed by atoms with Gasteiger partial charge in [0.15, 0.2) is 0 Å². The van der Waals surface area contributed by atoms with E-state index in [-0.39, 0.29) is 18.7 Å². The molecule has 0 amide bonds. The summed E-state index contributed by atoms with van der Waals surface area (Å²) in [7, 11) is 0. The van der Waals surface area contributed by atoms with Crippen molar-refractivity contribution in [3.63, 3.8) is 0 Å². The second-order valence-electron chi connectivity index (χ2n) is 6.63. The molecule has 2 N–H and O–H groups in total. The largest absolute Gasteiger partial charge is 0.401 e. The first-order valence-corrected chi connectivity index (χ1v) is 8.07. The number of hydrogen-bond acceptors (Lipinski definition) is 3. The molecule has 2 atom stereocenters. The number of nitrogens with zero attached hydrogens (tertiary/aromatic N) is 1. The van der Waals surface area contributed by atoms with Crippen LogP contribution in [0.25, 0.3) is 0 Å². The van der Waals surface area contributed by atoms with Crippen LogP contribution in [0.5, 0.6) is 0 Å². The zero-order chi connectivity index (χ0) is 15.5. The smallest absolute Gasteiger partial charge is 0.394 e. The minimum absolute atomic E-state index is 0.00796. The quantitative estimate of drug-likeness (QED) is 0.759. The lowest BCUT2D eigenvalue weighted by atomic mass is 9.78. The van der Waals surface area contributed by atoms with Crippen LogP contribution < -0.4 is 5.32 Å². The molecule has 0 saturated heterocycles. The molecule has 2 aliphatic rings. The molecule has 6 heteroatoms. The van der Waals surface area contributed by atoms with Crippen molar-refractivity contribution < 1.29 is 18.3 Å². The third kappa shape index (κ3) is 4.83. The molecular formula is C15H27F3N2O. The molecule has 2 rings (SSSR count). The summed E-state index contributed by atoms with van der Waals surface area (Å²) >= 11 is 0. The van der Waals surface area contributed by atoms with Crippen molar-refractivity contribution in [2.75, 3.05) is 19.7 Å². The predicted molar refractivity (Wildman–Crippen MR) is 76.1 cm³/mol. The molecule has 0 aromatic heterocycles. The SMILES string of the molecule is CCCNC1(CO)CCCC(N(CC(F)(F)F)C2CC2)C1. The second-order valence-corrected chi connectivity index (χ2v) is 6.63. The lowest BCUT2D eigenvalue weighted by molar-refractivity contribution is -0.155. The van der Waals surface area contributed by atoms with E-state index in [0.29, 0.717) is 6.42 Å². The Hall–Kier alpha value is -0.330. The third-order valence-corrected chi connectivity index (χ3v) is 4.72. The zero-order valence-electron chi connectivity index (χ0n) is 12.8. The van der Waals surface area contributed by atoms with Gasteiger partial charge < -0.3 is 10.4 Å². The summed E-state index contributed by atoms with van der Waals surface area (Å²) in [6.07, 6.45) is 1.73. The second kappa shape index (κ2) is 6.84. The Kier molecular flexibility index (Phi) is 5.54. The summed E-state index contributed by atoms with van der Waals surface area (Å²) in [5.74, 6) is 0. The van der Waals surface area contributed by atoms with Crippen LogP contribution in [0, 0.1) is 0 Å². The van der Waals surface area contributed by atoms with Gasteiger partial charge in [0, 0.05) is 17.6 Å². The summed E-state index contributed by atoms with van der Waals surface area (Å²) in [6, 6.07) is 0.0293. The Bertz CT molecular complexity index is 333. The summed E-state index contributed by atoms with van der Waals surface area (Å²) in [5, 5.41) is 13.1. The van der Waals surface area contributed by atoms with Crippen LogP contribution in [-0.2, 0) is 0 Å². The standard InChI is InChI=1S/C15H27F3N2O/c1-2-8-19-14(11-21)7-3-4-13(9-14)20(12-5-6-12)10-15(16,17)18/h12-13,19,21H,2-11H2,1H3. The molecular weight excluding hydrogens is 281 g/mol. The van der Waals surface area contributed by atoms with Crippen molar-refractivity contribution in [3.8, 4) is 0 Å². The van der Waals surface area contributed by atoms with Crippen molar-refractivity contribution in [1.29, 1.82) is 0 Å². The fourth-order valence-electron chi connectivity index (χ4n) is 3.53. The Morgan fingerprint density at radius 2 is 1.95 bits per heavy atom. The predicted octanol–water partition coefficient (Wildman–Crippen LogP) is 2.69. The minimum Gasteiger partial charge on any atom is -0.394 e. The molecule has 0 radical (unpaired) electrons. The lowest BCUT2D eigenvalue weighted by Crippen LogP contribution is -2.57. The normalized spacial score (nSPS) is 30.9. The van der Waals surface area contributed by atoms with Gasteiger partial charge >= 0.3 is 6.18 Å². The van der Waals surface area contributed by atoms with E-state index in [1.807, 2.05) is 0 Å². The Labute approximate surface area is 124 Å². The van der Waals surface area contributed by atoms with Crippen LogP contribution in [0.15, 0.2) is 0 Å². The highest BCUT2D eigenvalue weighted by atomic mass is 19.4. The van der Waals surface area contributed by atoms with Crippen LogP contribution in [-0.4, -0.2) is 53.5 Å². The topological polar surface area (TPSA) is 35.5 Å². The van der Waals surface area contributed by atoms with Crippen molar-refractivity contribution in [1.82, 2.24) is 10.2 Å². The lowest BCUT2D eigenvalue weighted by Gasteiger charge is -2.45. The summed E-state index contributed by atoms with van der Waals surface area (Å²) in [5.41, 5.74) is -0.391. The first kappa shape index (κ1) is 17.0.